The predicted molar refractivity (Wildman–Crippen MR) is 51.9 cm³/mol. The molecule has 1 saturated carbocycles. The molecule has 1 saturated heterocycles. The summed E-state index contributed by atoms with van der Waals surface area (Å²) >= 11 is 0. The fraction of sp³-hybridized carbons (Fsp3) is 0.818. The van der Waals surface area contributed by atoms with E-state index in [-0.39, 0.29) is 29.9 Å². The number of carbonyl (C=O) groups excluding carboxylic acids is 2. The second kappa shape index (κ2) is 3.22. The van der Waals surface area contributed by atoms with Crippen molar-refractivity contribution in [3.05, 3.63) is 0 Å². The van der Waals surface area contributed by atoms with Gasteiger partial charge in [0.15, 0.2) is 0 Å². The van der Waals surface area contributed by atoms with Gasteiger partial charge in [-0.1, -0.05) is 0 Å². The van der Waals surface area contributed by atoms with Crippen molar-refractivity contribution in [1.82, 2.24) is 0 Å². The van der Waals surface area contributed by atoms with Gasteiger partial charge in [-0.15, -0.1) is 0 Å². The molecule has 0 aromatic heterocycles. The van der Waals surface area contributed by atoms with Crippen molar-refractivity contribution < 1.29 is 19.1 Å². The van der Waals surface area contributed by atoms with Crippen LogP contribution in [0.3, 0.4) is 0 Å². The van der Waals surface area contributed by atoms with Crippen LogP contribution in [0.5, 0.6) is 0 Å². The Bertz CT molecular complexity index is 302. The number of ether oxygens (including phenoxy) is 2. The van der Waals surface area contributed by atoms with Gasteiger partial charge in [0, 0.05) is 0 Å². The van der Waals surface area contributed by atoms with Gasteiger partial charge >= 0.3 is 11.9 Å². The minimum absolute atomic E-state index is 0.0555. The Balaban J connectivity index is 2.01. The van der Waals surface area contributed by atoms with Crippen LogP contribution in [0, 0.1) is 11.8 Å². The molecule has 4 nitrogen and oxygen atoms in total. The van der Waals surface area contributed by atoms with Gasteiger partial charge in [0.25, 0.3) is 0 Å². The van der Waals surface area contributed by atoms with Crippen LogP contribution in [0.1, 0.15) is 33.6 Å². The van der Waals surface area contributed by atoms with E-state index >= 15 is 0 Å². The van der Waals surface area contributed by atoms with Gasteiger partial charge in [-0.05, 0) is 33.6 Å². The summed E-state index contributed by atoms with van der Waals surface area (Å²) in [7, 11) is 0. The van der Waals surface area contributed by atoms with E-state index in [0.717, 1.165) is 0 Å². The monoisotopic (exact) mass is 212 g/mol. The Hall–Kier alpha value is -1.06. The first-order valence-electron chi connectivity index (χ1n) is 5.30. The van der Waals surface area contributed by atoms with Crippen molar-refractivity contribution in [2.75, 3.05) is 0 Å². The molecule has 0 radical (unpaired) electrons. The molecule has 0 N–H and O–H groups in total. The standard InChI is InChI=1S/C11H16O4/c1-11(2,3)15-10(13)8-5-6-4-7(8)9(12)14-6/h6-8H,4-5H2,1-3H3. The van der Waals surface area contributed by atoms with Crippen LogP contribution >= 0.6 is 0 Å². The zero-order valence-corrected chi connectivity index (χ0v) is 9.28. The van der Waals surface area contributed by atoms with Crippen LogP contribution in [-0.4, -0.2) is 23.6 Å². The number of rotatable bonds is 1. The van der Waals surface area contributed by atoms with Crippen LogP contribution in [-0.2, 0) is 19.1 Å². The predicted octanol–water partition coefficient (Wildman–Crippen LogP) is 1.28. The van der Waals surface area contributed by atoms with Crippen molar-refractivity contribution in [1.29, 1.82) is 0 Å². The van der Waals surface area contributed by atoms with Crippen LogP contribution in [0.4, 0.5) is 0 Å². The molecule has 1 heterocycles. The smallest absolute Gasteiger partial charge is 0.310 e. The molecule has 2 fully saturated rings. The van der Waals surface area contributed by atoms with Crippen LogP contribution in [0.2, 0.25) is 0 Å². The van der Waals surface area contributed by atoms with Crippen LogP contribution in [0.15, 0.2) is 0 Å². The highest BCUT2D eigenvalue weighted by atomic mass is 16.6. The van der Waals surface area contributed by atoms with Gasteiger partial charge in [0.2, 0.25) is 0 Å². The number of esters is 2. The maximum Gasteiger partial charge on any atom is 0.310 e. The summed E-state index contributed by atoms with van der Waals surface area (Å²) in [5, 5.41) is 0. The third kappa shape index (κ3) is 1.98. The number of hydrogen-bond acceptors (Lipinski definition) is 4. The number of carbonyl (C=O) groups is 2. The van der Waals surface area contributed by atoms with Crippen molar-refractivity contribution in [3.8, 4) is 0 Å². The first-order chi connectivity index (χ1) is 6.87. The molecule has 4 heteroatoms. The van der Waals surface area contributed by atoms with Gasteiger partial charge in [-0.2, -0.15) is 0 Å². The fourth-order valence-corrected chi connectivity index (χ4v) is 2.24. The van der Waals surface area contributed by atoms with Crippen LogP contribution in [0.25, 0.3) is 0 Å². The number of hydrogen-bond donors (Lipinski definition) is 0. The van der Waals surface area contributed by atoms with Gasteiger partial charge in [0.05, 0.1) is 11.8 Å². The lowest BCUT2D eigenvalue weighted by atomic mass is 9.96. The average Bonchev–Trinajstić information content (AvgIpc) is 2.58. The topological polar surface area (TPSA) is 52.6 Å². The Labute approximate surface area is 88.9 Å². The average molecular weight is 212 g/mol. The summed E-state index contributed by atoms with van der Waals surface area (Å²) in [5.41, 5.74) is -0.483. The summed E-state index contributed by atoms with van der Waals surface area (Å²) in [4.78, 5) is 23.1. The highest BCUT2D eigenvalue weighted by Gasteiger charge is 2.51. The molecule has 2 aliphatic rings. The first-order valence-corrected chi connectivity index (χ1v) is 5.30. The zero-order valence-electron chi connectivity index (χ0n) is 9.28. The molecule has 3 atom stereocenters. The third-order valence-electron chi connectivity index (χ3n) is 2.81. The molecule has 1 aliphatic heterocycles. The molecule has 0 aromatic rings. The summed E-state index contributed by atoms with van der Waals surface area (Å²) in [6.07, 6.45) is 1.26. The minimum Gasteiger partial charge on any atom is -0.462 e. The second-order valence-electron chi connectivity index (χ2n) is 5.28. The maximum absolute atomic E-state index is 11.8. The van der Waals surface area contributed by atoms with E-state index in [4.69, 9.17) is 9.47 Å². The zero-order chi connectivity index (χ0) is 11.2. The molecule has 0 spiro atoms. The van der Waals surface area contributed by atoms with Crippen molar-refractivity contribution in [2.24, 2.45) is 11.8 Å². The molecule has 3 unspecified atom stereocenters. The molecule has 1 aliphatic carbocycles. The van der Waals surface area contributed by atoms with E-state index in [2.05, 4.69) is 0 Å². The molecule has 2 rings (SSSR count). The molecule has 15 heavy (non-hydrogen) atoms. The first kappa shape index (κ1) is 10.5. The Kier molecular flexibility index (Phi) is 2.24. The minimum atomic E-state index is -0.483. The summed E-state index contributed by atoms with van der Waals surface area (Å²) in [6, 6.07) is 0. The van der Waals surface area contributed by atoms with Crippen molar-refractivity contribution in [3.63, 3.8) is 0 Å². The van der Waals surface area contributed by atoms with E-state index < -0.39 is 5.60 Å². The van der Waals surface area contributed by atoms with Gasteiger partial charge < -0.3 is 9.47 Å². The lowest BCUT2D eigenvalue weighted by molar-refractivity contribution is -0.169. The largest absolute Gasteiger partial charge is 0.462 e. The van der Waals surface area contributed by atoms with Crippen molar-refractivity contribution >= 4 is 11.9 Å². The second-order valence-corrected chi connectivity index (χ2v) is 5.28. The molecule has 2 bridgehead atoms. The summed E-state index contributed by atoms with van der Waals surface area (Å²) < 4.78 is 10.3. The van der Waals surface area contributed by atoms with Gasteiger partial charge in [-0.25, -0.2) is 0 Å². The van der Waals surface area contributed by atoms with E-state index in [9.17, 15) is 9.59 Å². The third-order valence-corrected chi connectivity index (χ3v) is 2.81. The number of fused-ring (bicyclic) bond motifs is 2. The van der Waals surface area contributed by atoms with Gasteiger partial charge in [-0.3, -0.25) is 9.59 Å². The molecule has 0 aromatic carbocycles. The lowest BCUT2D eigenvalue weighted by Gasteiger charge is -2.25. The fourth-order valence-electron chi connectivity index (χ4n) is 2.24. The van der Waals surface area contributed by atoms with E-state index in [1.807, 2.05) is 20.8 Å². The highest BCUT2D eigenvalue weighted by molar-refractivity contribution is 5.85. The Morgan fingerprint density at radius 1 is 1.40 bits per heavy atom. The highest BCUT2D eigenvalue weighted by Crippen LogP contribution is 2.42. The normalized spacial score (nSPS) is 34.1. The quantitative estimate of drug-likeness (QED) is 0.614. The van der Waals surface area contributed by atoms with Crippen molar-refractivity contribution in [2.45, 2.75) is 45.3 Å². The molecule has 84 valence electrons. The summed E-state index contributed by atoms with van der Waals surface area (Å²) in [6.45, 7) is 5.49. The lowest BCUT2D eigenvalue weighted by Crippen LogP contribution is -2.34. The van der Waals surface area contributed by atoms with E-state index in [1.165, 1.54) is 0 Å². The maximum atomic E-state index is 11.8. The van der Waals surface area contributed by atoms with Crippen LogP contribution < -0.4 is 0 Å². The SMILES string of the molecule is CC(C)(C)OC(=O)C1CC2CC1C(=O)O2. The van der Waals surface area contributed by atoms with E-state index in [1.54, 1.807) is 0 Å². The molecular formula is C11H16O4. The Morgan fingerprint density at radius 2 is 2.07 bits per heavy atom. The molecular weight excluding hydrogens is 196 g/mol. The summed E-state index contributed by atoms with van der Waals surface area (Å²) in [5.74, 6) is -1.03. The Morgan fingerprint density at radius 3 is 2.53 bits per heavy atom. The molecule has 0 amide bonds. The van der Waals surface area contributed by atoms with Gasteiger partial charge in [0.1, 0.15) is 11.7 Å². The van der Waals surface area contributed by atoms with E-state index in [0.29, 0.717) is 12.8 Å².